The Balaban J connectivity index is 1.23. The van der Waals surface area contributed by atoms with E-state index in [1.165, 1.54) is 5.56 Å². The number of nitrogens with zero attached hydrogens (tertiary/aromatic N) is 2. The Morgan fingerprint density at radius 1 is 1.21 bits per heavy atom. The minimum absolute atomic E-state index is 0.265. The van der Waals surface area contributed by atoms with E-state index in [0.29, 0.717) is 35.9 Å². The molecule has 1 aliphatic rings. The second-order valence-corrected chi connectivity index (χ2v) is 9.03. The highest BCUT2D eigenvalue weighted by molar-refractivity contribution is 6.32. The van der Waals surface area contributed by atoms with Gasteiger partial charge in [0.1, 0.15) is 5.58 Å². The molecule has 3 aromatic rings. The van der Waals surface area contributed by atoms with Crippen molar-refractivity contribution in [1.82, 2.24) is 10.2 Å². The molecular formula is C26H32ClN3O4. The summed E-state index contributed by atoms with van der Waals surface area (Å²) in [4.78, 5) is 16.9. The van der Waals surface area contributed by atoms with E-state index in [1.807, 2.05) is 30.3 Å². The van der Waals surface area contributed by atoms with E-state index >= 15 is 0 Å². The molecule has 1 amide bonds. The number of carbonyl (C=O) groups is 1. The molecule has 2 heterocycles. The zero-order chi connectivity index (χ0) is 24.1. The van der Waals surface area contributed by atoms with Crippen molar-refractivity contribution in [2.45, 2.75) is 25.9 Å². The van der Waals surface area contributed by atoms with Crippen molar-refractivity contribution in [3.8, 4) is 5.75 Å². The maximum Gasteiger partial charge on any atom is 0.287 e. The highest BCUT2D eigenvalue weighted by Gasteiger charge is 2.23. The van der Waals surface area contributed by atoms with Crippen LogP contribution in [0.1, 0.15) is 29.5 Å². The van der Waals surface area contributed by atoms with Crippen LogP contribution in [-0.4, -0.2) is 68.4 Å². The fourth-order valence-electron chi connectivity index (χ4n) is 4.37. The number of hydrogen-bond donors (Lipinski definition) is 2. The molecule has 0 bridgehead atoms. The third-order valence-corrected chi connectivity index (χ3v) is 6.57. The van der Waals surface area contributed by atoms with Crippen LogP contribution in [0.2, 0.25) is 5.02 Å². The molecule has 34 heavy (non-hydrogen) atoms. The molecule has 182 valence electrons. The molecule has 1 fully saturated rings. The second-order valence-electron chi connectivity index (χ2n) is 8.62. The number of methoxy groups -OCH3 is 1. The zero-order valence-corrected chi connectivity index (χ0v) is 20.5. The highest BCUT2D eigenvalue weighted by Crippen LogP contribution is 2.37. The second kappa shape index (κ2) is 11.1. The summed E-state index contributed by atoms with van der Waals surface area (Å²) in [7, 11) is 1.65. The summed E-state index contributed by atoms with van der Waals surface area (Å²) in [5.41, 5.74) is 2.90. The summed E-state index contributed by atoms with van der Waals surface area (Å²) in [5, 5.41) is 14.9. The van der Waals surface area contributed by atoms with Gasteiger partial charge in [0.25, 0.3) is 5.91 Å². The third kappa shape index (κ3) is 5.66. The summed E-state index contributed by atoms with van der Waals surface area (Å²) in [6.45, 7) is 6.39. The number of furan rings is 1. The smallest absolute Gasteiger partial charge is 0.287 e. The number of amides is 1. The lowest BCUT2D eigenvalue weighted by Crippen LogP contribution is -2.49. The number of fused-ring (bicyclic) bond motifs is 1. The Labute approximate surface area is 205 Å². The SMILES string of the molecule is CCc1cc(Cl)c(OC)c(N2CCN(CC(O)CCNC(=O)c3cc4ccccc4o3)CC2)c1. The van der Waals surface area contributed by atoms with Gasteiger partial charge in [0, 0.05) is 44.7 Å². The van der Waals surface area contributed by atoms with Gasteiger partial charge in [0.15, 0.2) is 11.5 Å². The Hall–Kier alpha value is -2.74. The number of halogens is 1. The van der Waals surface area contributed by atoms with Crippen molar-refractivity contribution < 1.29 is 19.1 Å². The van der Waals surface area contributed by atoms with Gasteiger partial charge >= 0.3 is 0 Å². The standard InChI is InChI=1S/C26H32ClN3O4/c1-3-18-14-21(27)25(33-2)22(15-18)30-12-10-29(11-13-30)17-20(31)8-9-28-26(32)24-16-19-6-4-5-7-23(19)34-24/h4-7,14-16,20,31H,3,8-13,17H2,1-2H3,(H,28,32). The number of anilines is 1. The molecule has 7 nitrogen and oxygen atoms in total. The maximum absolute atomic E-state index is 12.4. The molecule has 1 aromatic heterocycles. The average molecular weight is 486 g/mol. The molecular weight excluding hydrogens is 454 g/mol. The van der Waals surface area contributed by atoms with Crippen LogP contribution in [0.5, 0.6) is 5.75 Å². The normalized spacial score (nSPS) is 15.5. The zero-order valence-electron chi connectivity index (χ0n) is 19.7. The van der Waals surface area contributed by atoms with Crippen molar-refractivity contribution in [3.05, 3.63) is 58.8 Å². The van der Waals surface area contributed by atoms with E-state index < -0.39 is 6.10 Å². The molecule has 2 N–H and O–H groups in total. The molecule has 8 heteroatoms. The number of para-hydroxylation sites is 1. The van der Waals surface area contributed by atoms with Crippen LogP contribution in [0.25, 0.3) is 11.0 Å². The Morgan fingerprint density at radius 2 is 1.97 bits per heavy atom. The van der Waals surface area contributed by atoms with Crippen LogP contribution in [0.3, 0.4) is 0 Å². The van der Waals surface area contributed by atoms with Crippen molar-refractivity contribution >= 4 is 34.2 Å². The van der Waals surface area contributed by atoms with Gasteiger partial charge in [-0.1, -0.05) is 36.7 Å². The third-order valence-electron chi connectivity index (χ3n) is 6.29. The largest absolute Gasteiger partial charge is 0.493 e. The van der Waals surface area contributed by atoms with Crippen LogP contribution in [0, 0.1) is 0 Å². The fourth-order valence-corrected chi connectivity index (χ4v) is 4.68. The molecule has 0 spiro atoms. The number of hydrogen-bond acceptors (Lipinski definition) is 6. The Bertz CT molecular complexity index is 1090. The molecule has 1 unspecified atom stereocenters. The number of piperazine rings is 1. The van der Waals surface area contributed by atoms with Gasteiger partial charge in [-0.3, -0.25) is 9.69 Å². The number of benzene rings is 2. The quantitative estimate of drug-likeness (QED) is 0.477. The van der Waals surface area contributed by atoms with Crippen LogP contribution < -0.4 is 15.0 Å². The lowest BCUT2D eigenvalue weighted by Gasteiger charge is -2.37. The Morgan fingerprint density at radius 3 is 2.68 bits per heavy atom. The number of carbonyl (C=O) groups excluding carboxylic acids is 1. The van der Waals surface area contributed by atoms with Crippen molar-refractivity contribution in [2.75, 3.05) is 51.3 Å². The first-order valence-corrected chi connectivity index (χ1v) is 12.1. The van der Waals surface area contributed by atoms with Crippen LogP contribution >= 0.6 is 11.6 Å². The van der Waals surface area contributed by atoms with Gasteiger partial charge in [-0.2, -0.15) is 0 Å². The summed E-state index contributed by atoms with van der Waals surface area (Å²) in [5.74, 6) is 0.737. The molecule has 1 aliphatic heterocycles. The van der Waals surface area contributed by atoms with Gasteiger partial charge < -0.3 is 24.5 Å². The van der Waals surface area contributed by atoms with E-state index in [4.69, 9.17) is 20.8 Å². The van der Waals surface area contributed by atoms with Crippen molar-refractivity contribution in [2.24, 2.45) is 0 Å². The van der Waals surface area contributed by atoms with E-state index in [0.717, 1.165) is 43.7 Å². The van der Waals surface area contributed by atoms with Gasteiger partial charge in [0.2, 0.25) is 0 Å². The predicted octanol–water partition coefficient (Wildman–Crippen LogP) is 3.96. The predicted molar refractivity (Wildman–Crippen MR) is 135 cm³/mol. The van der Waals surface area contributed by atoms with E-state index in [2.05, 4.69) is 28.1 Å². The highest BCUT2D eigenvalue weighted by atomic mass is 35.5. The number of ether oxygens (including phenoxy) is 1. The first-order valence-electron chi connectivity index (χ1n) is 11.8. The van der Waals surface area contributed by atoms with Gasteiger partial charge in [-0.25, -0.2) is 0 Å². The number of aryl methyl sites for hydroxylation is 1. The first kappa shape index (κ1) is 24.4. The molecule has 0 saturated carbocycles. The van der Waals surface area contributed by atoms with Crippen molar-refractivity contribution in [3.63, 3.8) is 0 Å². The molecule has 4 rings (SSSR count). The van der Waals surface area contributed by atoms with Crippen LogP contribution in [0.15, 0.2) is 46.9 Å². The minimum Gasteiger partial charge on any atom is -0.493 e. The molecule has 1 saturated heterocycles. The maximum atomic E-state index is 12.4. The number of nitrogens with one attached hydrogen (secondary N) is 1. The first-order chi connectivity index (χ1) is 16.5. The number of rotatable bonds is 9. The van der Waals surface area contributed by atoms with E-state index in [-0.39, 0.29) is 11.7 Å². The lowest BCUT2D eigenvalue weighted by atomic mass is 10.1. The van der Waals surface area contributed by atoms with Crippen LogP contribution in [0.4, 0.5) is 5.69 Å². The van der Waals surface area contributed by atoms with E-state index in [9.17, 15) is 9.90 Å². The van der Waals surface area contributed by atoms with Gasteiger partial charge in [-0.05, 0) is 42.7 Å². The average Bonchev–Trinajstić information content (AvgIpc) is 3.28. The van der Waals surface area contributed by atoms with Crippen molar-refractivity contribution in [1.29, 1.82) is 0 Å². The van der Waals surface area contributed by atoms with E-state index in [1.54, 1.807) is 13.2 Å². The number of aliphatic hydroxyl groups excluding tert-OH is 1. The summed E-state index contributed by atoms with van der Waals surface area (Å²) in [6, 6.07) is 13.4. The fraction of sp³-hybridized carbons (Fsp3) is 0.423. The topological polar surface area (TPSA) is 78.2 Å². The van der Waals surface area contributed by atoms with Crippen LogP contribution in [-0.2, 0) is 6.42 Å². The lowest BCUT2D eigenvalue weighted by molar-refractivity contribution is 0.0882. The minimum atomic E-state index is -0.519. The number of aliphatic hydroxyl groups is 1. The monoisotopic (exact) mass is 485 g/mol. The molecule has 2 aromatic carbocycles. The summed E-state index contributed by atoms with van der Waals surface area (Å²) < 4.78 is 11.2. The summed E-state index contributed by atoms with van der Waals surface area (Å²) >= 11 is 6.43. The molecule has 0 radical (unpaired) electrons. The number of β-amino-alcohol motifs (C(OH)–C–C–N with tert-alkyl or cyclic N) is 1. The Kier molecular flexibility index (Phi) is 7.98. The van der Waals surface area contributed by atoms with Gasteiger partial charge in [0.05, 0.1) is 23.9 Å². The summed E-state index contributed by atoms with van der Waals surface area (Å²) in [6.07, 6.45) is 0.874. The van der Waals surface area contributed by atoms with Gasteiger partial charge in [-0.15, -0.1) is 0 Å². The molecule has 0 aliphatic carbocycles. The molecule has 1 atom stereocenters.